The minimum atomic E-state index is -0.416. The van der Waals surface area contributed by atoms with Gasteiger partial charge in [-0.15, -0.1) is 0 Å². The molecule has 7 heteroatoms. The van der Waals surface area contributed by atoms with Crippen LogP contribution in [0.2, 0.25) is 5.02 Å². The van der Waals surface area contributed by atoms with E-state index in [4.69, 9.17) is 21.1 Å². The molecule has 3 saturated heterocycles. The van der Waals surface area contributed by atoms with Gasteiger partial charge in [0.25, 0.3) is 0 Å². The highest BCUT2D eigenvalue weighted by molar-refractivity contribution is 6.30. The van der Waals surface area contributed by atoms with E-state index in [0.29, 0.717) is 22.2 Å². The second-order valence-corrected chi connectivity index (χ2v) is 8.25. The number of piperidine rings is 3. The van der Waals surface area contributed by atoms with Crippen LogP contribution in [-0.2, 0) is 16.0 Å². The number of hydrogen-bond donors (Lipinski definition) is 0. The van der Waals surface area contributed by atoms with E-state index in [-0.39, 0.29) is 12.6 Å². The molecule has 1 amide bonds. The molecule has 0 aliphatic carbocycles. The van der Waals surface area contributed by atoms with Gasteiger partial charge in [-0.3, -0.25) is 9.80 Å². The van der Waals surface area contributed by atoms with Gasteiger partial charge < -0.3 is 9.47 Å². The summed E-state index contributed by atoms with van der Waals surface area (Å²) in [7, 11) is 1.35. The zero-order chi connectivity index (χ0) is 21.1. The average Bonchev–Trinajstić information content (AvgIpc) is 2.78. The fourth-order valence-corrected chi connectivity index (χ4v) is 4.42. The Morgan fingerprint density at radius 3 is 2.57 bits per heavy atom. The van der Waals surface area contributed by atoms with E-state index < -0.39 is 12.1 Å². The number of carbonyl (C=O) groups excluding carboxylic acids is 2. The van der Waals surface area contributed by atoms with Crippen LogP contribution in [-0.4, -0.2) is 49.8 Å². The molecule has 1 atom stereocenters. The molecule has 5 rings (SSSR count). The largest absolute Gasteiger partial charge is 0.465 e. The quantitative estimate of drug-likeness (QED) is 0.662. The van der Waals surface area contributed by atoms with Gasteiger partial charge in [0.1, 0.15) is 6.10 Å². The van der Waals surface area contributed by atoms with Crippen molar-refractivity contribution in [3.63, 3.8) is 0 Å². The van der Waals surface area contributed by atoms with Gasteiger partial charge in [-0.2, -0.15) is 0 Å². The predicted octanol–water partition coefficient (Wildman–Crippen LogP) is 4.36. The topological polar surface area (TPSA) is 59.1 Å². The Hall–Kier alpha value is -2.57. The standard InChI is InChI=1S/C23H25ClN2O4/c1-29-22(27)18-5-2-4-16(12-18)14-26(20-7-3-6-19(24)13-20)23(28)30-21-15-25-10-8-17(21)9-11-25/h2-7,12-13,17,21H,8-11,14-15H2,1H3. The van der Waals surface area contributed by atoms with Crippen LogP contribution in [0, 0.1) is 5.92 Å². The SMILES string of the molecule is COC(=O)c1cccc(CN(C(=O)OC2CN3CCC2CC3)c2cccc(Cl)c2)c1. The molecule has 2 aromatic rings. The Kier molecular flexibility index (Phi) is 6.25. The highest BCUT2D eigenvalue weighted by Crippen LogP contribution is 2.31. The van der Waals surface area contributed by atoms with Crippen LogP contribution < -0.4 is 4.90 Å². The van der Waals surface area contributed by atoms with Crippen molar-refractivity contribution < 1.29 is 19.1 Å². The van der Waals surface area contributed by atoms with Crippen molar-refractivity contribution in [1.82, 2.24) is 4.90 Å². The molecule has 3 fully saturated rings. The lowest BCUT2D eigenvalue weighted by Gasteiger charge is -2.44. The van der Waals surface area contributed by atoms with E-state index in [1.165, 1.54) is 7.11 Å². The summed E-state index contributed by atoms with van der Waals surface area (Å²) >= 11 is 6.18. The second-order valence-electron chi connectivity index (χ2n) is 7.82. The molecule has 0 N–H and O–H groups in total. The molecule has 0 saturated carbocycles. The third-order valence-corrected chi connectivity index (χ3v) is 6.11. The van der Waals surface area contributed by atoms with E-state index in [1.807, 2.05) is 12.1 Å². The molecule has 3 heterocycles. The lowest BCUT2D eigenvalue weighted by molar-refractivity contribution is -0.0311. The van der Waals surface area contributed by atoms with E-state index in [9.17, 15) is 9.59 Å². The van der Waals surface area contributed by atoms with Gasteiger partial charge in [0.15, 0.2) is 0 Å². The molecule has 2 bridgehead atoms. The molecule has 1 unspecified atom stereocenters. The first-order valence-corrected chi connectivity index (χ1v) is 10.5. The molecule has 6 nitrogen and oxygen atoms in total. The maximum absolute atomic E-state index is 13.2. The predicted molar refractivity (Wildman–Crippen MR) is 115 cm³/mol. The van der Waals surface area contributed by atoms with Crippen LogP contribution in [0.5, 0.6) is 0 Å². The van der Waals surface area contributed by atoms with Gasteiger partial charge in [-0.25, -0.2) is 9.59 Å². The molecule has 0 spiro atoms. The summed E-state index contributed by atoms with van der Waals surface area (Å²) in [5.41, 5.74) is 1.88. The van der Waals surface area contributed by atoms with Crippen molar-refractivity contribution >= 4 is 29.4 Å². The van der Waals surface area contributed by atoms with Crippen molar-refractivity contribution in [2.24, 2.45) is 5.92 Å². The summed E-state index contributed by atoms with van der Waals surface area (Å²) in [6, 6.07) is 14.2. The second kappa shape index (κ2) is 9.06. The first kappa shape index (κ1) is 20.7. The van der Waals surface area contributed by atoms with Crippen LogP contribution in [0.4, 0.5) is 10.5 Å². The summed E-state index contributed by atoms with van der Waals surface area (Å²) in [5, 5.41) is 0.538. The van der Waals surface area contributed by atoms with E-state index in [2.05, 4.69) is 4.90 Å². The van der Waals surface area contributed by atoms with E-state index in [1.54, 1.807) is 41.3 Å². The van der Waals surface area contributed by atoms with Crippen LogP contribution in [0.15, 0.2) is 48.5 Å². The number of halogens is 1. The molecular weight excluding hydrogens is 404 g/mol. The van der Waals surface area contributed by atoms with Crippen molar-refractivity contribution in [2.75, 3.05) is 31.6 Å². The van der Waals surface area contributed by atoms with E-state index in [0.717, 1.165) is 38.0 Å². The minimum Gasteiger partial charge on any atom is -0.465 e. The van der Waals surface area contributed by atoms with Gasteiger partial charge in [0.2, 0.25) is 0 Å². The number of amides is 1. The van der Waals surface area contributed by atoms with Crippen LogP contribution in [0.3, 0.4) is 0 Å². The Labute approximate surface area is 181 Å². The summed E-state index contributed by atoms with van der Waals surface area (Å²) < 4.78 is 10.8. The number of nitrogens with zero attached hydrogens (tertiary/aromatic N) is 2. The highest BCUT2D eigenvalue weighted by atomic mass is 35.5. The summed E-state index contributed by atoms with van der Waals surface area (Å²) in [5.74, 6) is 0.00354. The van der Waals surface area contributed by atoms with Gasteiger partial charge in [-0.05, 0) is 67.7 Å². The van der Waals surface area contributed by atoms with E-state index >= 15 is 0 Å². The number of rotatable bonds is 5. The van der Waals surface area contributed by atoms with Crippen molar-refractivity contribution in [1.29, 1.82) is 0 Å². The minimum absolute atomic E-state index is 0.0944. The maximum atomic E-state index is 13.2. The van der Waals surface area contributed by atoms with Gasteiger partial charge >= 0.3 is 12.1 Å². The number of carbonyl (C=O) groups is 2. The van der Waals surface area contributed by atoms with Crippen molar-refractivity contribution in [2.45, 2.75) is 25.5 Å². The molecule has 3 aliphatic rings. The third-order valence-electron chi connectivity index (χ3n) is 5.88. The summed E-state index contributed by atoms with van der Waals surface area (Å²) in [4.78, 5) is 29.0. The fourth-order valence-electron chi connectivity index (χ4n) is 4.24. The Bertz CT molecular complexity index is 927. The Morgan fingerprint density at radius 1 is 1.13 bits per heavy atom. The zero-order valence-corrected chi connectivity index (χ0v) is 17.7. The number of hydrogen-bond acceptors (Lipinski definition) is 5. The number of fused-ring (bicyclic) bond motifs is 3. The number of benzene rings is 2. The monoisotopic (exact) mass is 428 g/mol. The lowest BCUT2D eigenvalue weighted by Crippen LogP contribution is -2.53. The molecule has 30 heavy (non-hydrogen) atoms. The molecule has 0 radical (unpaired) electrons. The van der Waals surface area contributed by atoms with Crippen LogP contribution >= 0.6 is 11.6 Å². The maximum Gasteiger partial charge on any atom is 0.414 e. The summed E-state index contributed by atoms with van der Waals surface area (Å²) in [6.07, 6.45) is 1.63. The van der Waals surface area contributed by atoms with Crippen LogP contribution in [0.25, 0.3) is 0 Å². The van der Waals surface area contributed by atoms with Crippen LogP contribution in [0.1, 0.15) is 28.8 Å². The third kappa shape index (κ3) is 4.60. The number of anilines is 1. The lowest BCUT2D eigenvalue weighted by atomic mass is 9.86. The fraction of sp³-hybridized carbons (Fsp3) is 0.391. The first-order valence-electron chi connectivity index (χ1n) is 10.2. The molecular formula is C23H25ClN2O4. The summed E-state index contributed by atoms with van der Waals surface area (Å²) in [6.45, 7) is 3.21. The van der Waals surface area contributed by atoms with Crippen molar-refractivity contribution in [3.05, 3.63) is 64.7 Å². The Balaban J connectivity index is 1.57. The van der Waals surface area contributed by atoms with Gasteiger partial charge in [-0.1, -0.05) is 29.8 Å². The highest BCUT2D eigenvalue weighted by Gasteiger charge is 2.37. The molecule has 158 valence electrons. The molecule has 2 aromatic carbocycles. The van der Waals surface area contributed by atoms with Gasteiger partial charge in [0.05, 0.1) is 19.2 Å². The molecule has 0 aromatic heterocycles. The smallest absolute Gasteiger partial charge is 0.414 e. The first-order chi connectivity index (χ1) is 14.5. The number of ether oxygens (including phenoxy) is 2. The number of esters is 1. The zero-order valence-electron chi connectivity index (χ0n) is 16.9. The number of methoxy groups -OCH3 is 1. The Morgan fingerprint density at radius 2 is 1.90 bits per heavy atom. The normalized spacial score (nSPS) is 22.4. The van der Waals surface area contributed by atoms with Crippen molar-refractivity contribution in [3.8, 4) is 0 Å². The average molecular weight is 429 g/mol. The van der Waals surface area contributed by atoms with Gasteiger partial charge in [0, 0.05) is 17.3 Å². The molecule has 3 aliphatic heterocycles.